The number of hydrogen-bond donors (Lipinski definition) is 2. The quantitative estimate of drug-likeness (QED) is 0.514. The molecule has 0 amide bonds. The van der Waals surface area contributed by atoms with Crippen molar-refractivity contribution < 1.29 is 29.3 Å². The van der Waals surface area contributed by atoms with Crippen LogP contribution in [0.3, 0.4) is 0 Å². The summed E-state index contributed by atoms with van der Waals surface area (Å²) in [6.07, 6.45) is 2.40. The molecule has 0 aromatic heterocycles. The lowest BCUT2D eigenvalue weighted by Gasteiger charge is -2.18. The number of carboxylic acid groups (broad SMARTS) is 1. The van der Waals surface area contributed by atoms with E-state index >= 15 is 0 Å². The molecule has 2 atom stereocenters. The number of ketones is 1. The molecule has 0 saturated heterocycles. The van der Waals surface area contributed by atoms with Gasteiger partial charge in [-0.3, -0.25) is 4.79 Å². The fraction of sp³-hybridized carbons (Fsp3) is 0.500. The summed E-state index contributed by atoms with van der Waals surface area (Å²) in [4.78, 5) is 22.5. The van der Waals surface area contributed by atoms with Gasteiger partial charge in [-0.15, -0.1) is 5.92 Å². The number of aliphatic carboxylic acids is 1. The summed E-state index contributed by atoms with van der Waals surface area (Å²) in [7, 11) is 0. The number of aliphatic hydroxyl groups is 1. The van der Waals surface area contributed by atoms with Crippen molar-refractivity contribution in [2.45, 2.75) is 25.7 Å². The molecule has 140 valence electrons. The topological polar surface area (TPSA) is 93.1 Å². The maximum absolute atomic E-state index is 12.2. The first kappa shape index (κ1) is 20.0. The summed E-state index contributed by atoms with van der Waals surface area (Å²) < 4.78 is 10.7. The van der Waals surface area contributed by atoms with Crippen molar-refractivity contribution in [2.75, 3.05) is 26.4 Å². The number of benzene rings is 1. The predicted molar refractivity (Wildman–Crippen MR) is 94.8 cm³/mol. The number of carbonyl (C=O) groups excluding carboxylic acids is 1. The van der Waals surface area contributed by atoms with E-state index in [0.717, 1.165) is 12.0 Å². The molecule has 6 nitrogen and oxygen atoms in total. The number of carboxylic acids is 1. The van der Waals surface area contributed by atoms with Crippen molar-refractivity contribution in [3.05, 3.63) is 29.8 Å². The Labute approximate surface area is 153 Å². The van der Waals surface area contributed by atoms with Crippen LogP contribution in [0.4, 0.5) is 0 Å². The maximum Gasteiger partial charge on any atom is 0.329 e. The molecule has 1 aliphatic carbocycles. The number of carbonyl (C=O) groups is 2. The van der Waals surface area contributed by atoms with Crippen LogP contribution in [0.25, 0.3) is 0 Å². The summed E-state index contributed by atoms with van der Waals surface area (Å²) in [6, 6.07) is 7.51. The van der Waals surface area contributed by atoms with Crippen LogP contribution in [-0.4, -0.2) is 48.4 Å². The second-order valence-corrected chi connectivity index (χ2v) is 6.21. The molecule has 6 heteroatoms. The van der Waals surface area contributed by atoms with Crippen molar-refractivity contribution >= 4 is 11.8 Å². The molecule has 2 rings (SSSR count). The first-order valence-corrected chi connectivity index (χ1v) is 8.71. The van der Waals surface area contributed by atoms with E-state index in [1.807, 2.05) is 24.3 Å². The van der Waals surface area contributed by atoms with Gasteiger partial charge in [-0.2, -0.15) is 0 Å². The molecule has 1 aliphatic rings. The van der Waals surface area contributed by atoms with E-state index in [9.17, 15) is 9.59 Å². The van der Waals surface area contributed by atoms with Gasteiger partial charge in [-0.1, -0.05) is 24.1 Å². The Hall–Kier alpha value is -2.36. The first-order valence-electron chi connectivity index (χ1n) is 8.71. The molecule has 0 spiro atoms. The molecule has 0 aliphatic heterocycles. The monoisotopic (exact) mass is 360 g/mol. The highest BCUT2D eigenvalue weighted by atomic mass is 16.5. The van der Waals surface area contributed by atoms with Gasteiger partial charge in [0, 0.05) is 19.4 Å². The highest BCUT2D eigenvalue weighted by Gasteiger charge is 2.34. The molecule has 0 unspecified atom stereocenters. The number of hydrogen-bond acceptors (Lipinski definition) is 5. The van der Waals surface area contributed by atoms with Gasteiger partial charge in [0.2, 0.25) is 0 Å². The standard InChI is InChI=1S/C20H24O6/c21-11-10-16-6-1-2-7-19(16)26-13-17-15(8-9-18(17)22)5-3-4-12-25-14-20(23)24/h1-2,6-7,15,17,21H,5,8-14H2,(H,23,24)/t15-,17+/m0/s1. The highest BCUT2D eigenvalue weighted by molar-refractivity contribution is 5.83. The van der Waals surface area contributed by atoms with E-state index in [4.69, 9.17) is 19.7 Å². The molecule has 1 saturated carbocycles. The van der Waals surface area contributed by atoms with Crippen LogP contribution in [0.15, 0.2) is 24.3 Å². The van der Waals surface area contributed by atoms with Crippen molar-refractivity contribution in [3.63, 3.8) is 0 Å². The van der Waals surface area contributed by atoms with Crippen molar-refractivity contribution in [1.29, 1.82) is 0 Å². The second kappa shape index (κ2) is 10.6. The van der Waals surface area contributed by atoms with Crippen LogP contribution >= 0.6 is 0 Å². The molecule has 1 aromatic rings. The Kier molecular flexibility index (Phi) is 8.13. The zero-order chi connectivity index (χ0) is 18.8. The van der Waals surface area contributed by atoms with Crippen molar-refractivity contribution in [3.8, 4) is 17.6 Å². The fourth-order valence-electron chi connectivity index (χ4n) is 3.05. The molecule has 0 radical (unpaired) electrons. The number of aliphatic hydroxyl groups excluding tert-OH is 1. The Bertz CT molecular complexity index is 672. The summed E-state index contributed by atoms with van der Waals surface area (Å²) in [6.45, 7) is 0.0665. The molecule has 26 heavy (non-hydrogen) atoms. The minimum absolute atomic E-state index is 0.0465. The van der Waals surface area contributed by atoms with Crippen molar-refractivity contribution in [2.24, 2.45) is 11.8 Å². The van der Waals surface area contributed by atoms with E-state index in [1.54, 1.807) is 0 Å². The maximum atomic E-state index is 12.2. The lowest BCUT2D eigenvalue weighted by Crippen LogP contribution is -2.23. The molecule has 0 bridgehead atoms. The Morgan fingerprint density at radius 1 is 1.27 bits per heavy atom. The van der Waals surface area contributed by atoms with Crippen LogP contribution in [0.1, 0.15) is 24.8 Å². The number of Topliss-reactive ketones (excluding diaryl/α,β-unsaturated/α-hetero) is 1. The Balaban J connectivity index is 1.86. The lowest BCUT2D eigenvalue weighted by molar-refractivity contribution is -0.141. The SMILES string of the molecule is O=C(O)COCC#CC[C@H]1CCC(=O)[C@@H]1COc1ccccc1CCO. The molecular weight excluding hydrogens is 336 g/mol. The van der Waals surface area contributed by atoms with E-state index in [-0.39, 0.29) is 37.4 Å². The molecule has 1 aromatic carbocycles. The summed E-state index contributed by atoms with van der Waals surface area (Å²) in [5.74, 6) is 5.58. The molecule has 1 fully saturated rings. The summed E-state index contributed by atoms with van der Waals surface area (Å²) >= 11 is 0. The third-order valence-corrected chi connectivity index (χ3v) is 4.41. The normalized spacial score (nSPS) is 19.0. The first-order chi connectivity index (χ1) is 12.6. The summed E-state index contributed by atoms with van der Waals surface area (Å²) in [5, 5.41) is 17.6. The van der Waals surface area contributed by atoms with Gasteiger partial charge in [0.25, 0.3) is 0 Å². The van der Waals surface area contributed by atoms with Crippen LogP contribution < -0.4 is 4.74 Å². The highest BCUT2D eigenvalue weighted by Crippen LogP contribution is 2.32. The molecule has 0 heterocycles. The Morgan fingerprint density at radius 2 is 2.08 bits per heavy atom. The average Bonchev–Trinajstić information content (AvgIpc) is 2.97. The summed E-state index contributed by atoms with van der Waals surface area (Å²) in [5.41, 5.74) is 0.923. The van der Waals surface area contributed by atoms with Gasteiger partial charge in [0.1, 0.15) is 24.7 Å². The van der Waals surface area contributed by atoms with Gasteiger partial charge in [0.15, 0.2) is 0 Å². The lowest BCUT2D eigenvalue weighted by atomic mass is 9.93. The number of ether oxygens (including phenoxy) is 2. The molecule has 2 N–H and O–H groups in total. The van der Waals surface area contributed by atoms with E-state index in [0.29, 0.717) is 31.6 Å². The zero-order valence-corrected chi connectivity index (χ0v) is 14.6. The Morgan fingerprint density at radius 3 is 2.85 bits per heavy atom. The van der Waals surface area contributed by atoms with Crippen molar-refractivity contribution in [1.82, 2.24) is 0 Å². The van der Waals surface area contributed by atoms with E-state index in [2.05, 4.69) is 11.8 Å². The average molecular weight is 360 g/mol. The van der Waals surface area contributed by atoms with Gasteiger partial charge in [-0.25, -0.2) is 4.79 Å². The van der Waals surface area contributed by atoms with Crippen LogP contribution in [0.2, 0.25) is 0 Å². The fourth-order valence-corrected chi connectivity index (χ4v) is 3.05. The van der Waals surface area contributed by atoms with Crippen LogP contribution in [0, 0.1) is 23.7 Å². The van der Waals surface area contributed by atoms with Crippen LogP contribution in [-0.2, 0) is 20.7 Å². The van der Waals surface area contributed by atoms with E-state index < -0.39 is 5.97 Å². The number of rotatable bonds is 9. The third kappa shape index (κ3) is 6.17. The minimum Gasteiger partial charge on any atom is -0.493 e. The van der Waals surface area contributed by atoms with E-state index in [1.165, 1.54) is 0 Å². The second-order valence-electron chi connectivity index (χ2n) is 6.21. The number of para-hydroxylation sites is 1. The van der Waals surface area contributed by atoms with Gasteiger partial charge in [-0.05, 0) is 30.4 Å². The smallest absolute Gasteiger partial charge is 0.329 e. The molecular formula is C20H24O6. The van der Waals surface area contributed by atoms with Crippen LogP contribution in [0.5, 0.6) is 5.75 Å². The largest absolute Gasteiger partial charge is 0.493 e. The van der Waals surface area contributed by atoms with Gasteiger partial charge >= 0.3 is 5.97 Å². The zero-order valence-electron chi connectivity index (χ0n) is 14.6. The predicted octanol–water partition coefficient (Wildman–Crippen LogP) is 1.69. The third-order valence-electron chi connectivity index (χ3n) is 4.41. The van der Waals surface area contributed by atoms with Gasteiger partial charge in [0.05, 0.1) is 12.5 Å². The minimum atomic E-state index is -1.02. The van der Waals surface area contributed by atoms with Gasteiger partial charge < -0.3 is 19.7 Å².